The van der Waals surface area contributed by atoms with Gasteiger partial charge in [0.1, 0.15) is 13.2 Å². The van der Waals surface area contributed by atoms with Crippen LogP contribution in [0.1, 0.15) is 297 Å². The van der Waals surface area contributed by atoms with E-state index in [1.807, 2.05) is 0 Å². The molecule has 0 aliphatic carbocycles. The first-order valence-electron chi connectivity index (χ1n) is 29.9. The lowest BCUT2D eigenvalue weighted by atomic mass is 10.0. The summed E-state index contributed by atoms with van der Waals surface area (Å²) < 4.78 is 16.9. The molecular weight excluding hydrogens is 865 g/mol. The van der Waals surface area contributed by atoms with Crippen molar-refractivity contribution in [1.82, 2.24) is 0 Å². The molecule has 70 heavy (non-hydrogen) atoms. The molecule has 0 radical (unpaired) electrons. The minimum Gasteiger partial charge on any atom is -0.462 e. The number of unbranched alkanes of at least 4 members (excludes halogenated alkanes) is 31. The maximum absolute atomic E-state index is 12.9. The lowest BCUT2D eigenvalue weighted by molar-refractivity contribution is -0.167. The fourth-order valence-corrected chi connectivity index (χ4v) is 8.47. The molecule has 0 aliphatic rings. The zero-order valence-electron chi connectivity index (χ0n) is 46.3. The van der Waals surface area contributed by atoms with Gasteiger partial charge >= 0.3 is 17.9 Å². The van der Waals surface area contributed by atoms with E-state index in [0.29, 0.717) is 19.3 Å². The predicted octanol–water partition coefficient (Wildman–Crippen LogP) is 20.2. The van der Waals surface area contributed by atoms with Gasteiger partial charge in [-0.25, -0.2) is 0 Å². The SMILES string of the molecule is CC/C=C\C/C=C\C/C=C\C/C=C\C/C=C\CCCCCCCC(=O)OCC(COC(=O)CCCCCCC/C=C\CCCCCCCC)OC(=O)CCCCCCCCCCCCCCCCCC. The Kier molecular flexibility index (Phi) is 55.8. The van der Waals surface area contributed by atoms with Gasteiger partial charge in [0.05, 0.1) is 0 Å². The van der Waals surface area contributed by atoms with Crippen molar-refractivity contribution in [3.05, 3.63) is 72.9 Å². The highest BCUT2D eigenvalue weighted by Crippen LogP contribution is 2.16. The maximum atomic E-state index is 12.9. The molecule has 0 aromatic heterocycles. The second-order valence-electron chi connectivity index (χ2n) is 19.9. The van der Waals surface area contributed by atoms with Crippen molar-refractivity contribution in [3.8, 4) is 0 Å². The molecule has 0 aromatic rings. The van der Waals surface area contributed by atoms with Crippen molar-refractivity contribution in [3.63, 3.8) is 0 Å². The Hall–Kier alpha value is -3.15. The van der Waals surface area contributed by atoms with E-state index < -0.39 is 6.10 Å². The van der Waals surface area contributed by atoms with Gasteiger partial charge in [0, 0.05) is 19.3 Å². The van der Waals surface area contributed by atoms with Crippen LogP contribution in [0.15, 0.2) is 72.9 Å². The fourth-order valence-electron chi connectivity index (χ4n) is 8.47. The number of carbonyl (C=O) groups is 3. The lowest BCUT2D eigenvalue weighted by Gasteiger charge is -2.18. The minimum absolute atomic E-state index is 0.0836. The number of carbonyl (C=O) groups excluding carboxylic acids is 3. The van der Waals surface area contributed by atoms with Gasteiger partial charge in [-0.1, -0.05) is 261 Å². The summed E-state index contributed by atoms with van der Waals surface area (Å²) in [6, 6.07) is 0. The highest BCUT2D eigenvalue weighted by molar-refractivity contribution is 5.71. The molecule has 0 N–H and O–H groups in total. The Bertz CT molecular complexity index is 1310. The number of esters is 3. The molecule has 0 saturated heterocycles. The Morgan fingerprint density at radius 2 is 0.557 bits per heavy atom. The molecule has 404 valence electrons. The molecule has 1 atom stereocenters. The molecule has 0 fully saturated rings. The largest absolute Gasteiger partial charge is 0.462 e. The number of ether oxygens (including phenoxy) is 3. The number of allylic oxidation sites excluding steroid dienone is 12. The Morgan fingerprint density at radius 3 is 0.886 bits per heavy atom. The van der Waals surface area contributed by atoms with Gasteiger partial charge in [0.25, 0.3) is 0 Å². The third kappa shape index (κ3) is 55.8. The summed E-state index contributed by atoms with van der Waals surface area (Å²) in [5.41, 5.74) is 0. The minimum atomic E-state index is -0.786. The van der Waals surface area contributed by atoms with Crippen molar-refractivity contribution in [1.29, 1.82) is 0 Å². The molecule has 1 unspecified atom stereocenters. The summed E-state index contributed by atoms with van der Waals surface area (Å²) in [4.78, 5) is 38.2. The second kappa shape index (κ2) is 58.4. The highest BCUT2D eigenvalue weighted by Gasteiger charge is 2.19. The van der Waals surface area contributed by atoms with E-state index >= 15 is 0 Å². The summed E-state index contributed by atoms with van der Waals surface area (Å²) in [7, 11) is 0. The molecule has 0 aromatic carbocycles. The second-order valence-corrected chi connectivity index (χ2v) is 19.9. The fraction of sp³-hybridized carbons (Fsp3) is 0.766. The number of hydrogen-bond donors (Lipinski definition) is 0. The Morgan fingerprint density at radius 1 is 0.300 bits per heavy atom. The Labute approximate surface area is 433 Å². The molecule has 0 amide bonds. The van der Waals surface area contributed by atoms with Gasteiger partial charge in [-0.05, 0) is 89.9 Å². The van der Waals surface area contributed by atoms with Crippen LogP contribution in [-0.2, 0) is 28.6 Å². The van der Waals surface area contributed by atoms with Gasteiger partial charge in [-0.2, -0.15) is 0 Å². The van der Waals surface area contributed by atoms with Crippen LogP contribution in [0.2, 0.25) is 0 Å². The molecule has 0 spiro atoms. The molecule has 0 bridgehead atoms. The van der Waals surface area contributed by atoms with Gasteiger partial charge < -0.3 is 14.2 Å². The normalized spacial score (nSPS) is 12.6. The highest BCUT2D eigenvalue weighted by atomic mass is 16.6. The number of hydrogen-bond acceptors (Lipinski definition) is 6. The van der Waals surface area contributed by atoms with Crippen molar-refractivity contribution in [2.75, 3.05) is 13.2 Å². The number of rotatable bonds is 54. The van der Waals surface area contributed by atoms with Crippen molar-refractivity contribution >= 4 is 17.9 Å². The third-order valence-corrected chi connectivity index (χ3v) is 12.9. The lowest BCUT2D eigenvalue weighted by Crippen LogP contribution is -2.30. The first-order chi connectivity index (χ1) is 34.5. The van der Waals surface area contributed by atoms with Gasteiger partial charge in [-0.15, -0.1) is 0 Å². The predicted molar refractivity (Wildman–Crippen MR) is 302 cm³/mol. The first kappa shape index (κ1) is 66.9. The summed E-state index contributed by atoms with van der Waals surface area (Å²) in [6.45, 7) is 6.53. The molecular formula is C64H112O6. The maximum Gasteiger partial charge on any atom is 0.306 e. The summed E-state index contributed by atoms with van der Waals surface area (Å²) in [5, 5.41) is 0. The van der Waals surface area contributed by atoms with E-state index in [0.717, 1.165) is 116 Å². The smallest absolute Gasteiger partial charge is 0.306 e. The van der Waals surface area contributed by atoms with E-state index in [9.17, 15) is 14.4 Å². The Balaban J connectivity index is 4.40. The first-order valence-corrected chi connectivity index (χ1v) is 29.9. The summed E-state index contributed by atoms with van der Waals surface area (Å²) in [6.07, 6.45) is 74.6. The average molecular weight is 978 g/mol. The molecule has 6 heteroatoms. The van der Waals surface area contributed by atoms with Crippen LogP contribution in [0.25, 0.3) is 0 Å². The van der Waals surface area contributed by atoms with E-state index in [1.165, 1.54) is 141 Å². The molecule has 0 heterocycles. The van der Waals surface area contributed by atoms with Crippen LogP contribution in [0.3, 0.4) is 0 Å². The topological polar surface area (TPSA) is 78.9 Å². The molecule has 0 rings (SSSR count). The van der Waals surface area contributed by atoms with Crippen LogP contribution < -0.4 is 0 Å². The van der Waals surface area contributed by atoms with Crippen molar-refractivity contribution in [2.24, 2.45) is 0 Å². The zero-order valence-corrected chi connectivity index (χ0v) is 46.3. The monoisotopic (exact) mass is 977 g/mol. The van der Waals surface area contributed by atoms with Gasteiger partial charge in [-0.3, -0.25) is 14.4 Å². The summed E-state index contributed by atoms with van der Waals surface area (Å²) in [5.74, 6) is -0.897. The van der Waals surface area contributed by atoms with E-state index in [1.54, 1.807) is 0 Å². The van der Waals surface area contributed by atoms with Crippen LogP contribution in [-0.4, -0.2) is 37.2 Å². The zero-order chi connectivity index (χ0) is 50.7. The van der Waals surface area contributed by atoms with E-state index in [2.05, 4.69) is 93.7 Å². The van der Waals surface area contributed by atoms with Crippen LogP contribution in [0, 0.1) is 0 Å². The quantitative estimate of drug-likeness (QED) is 0.0261. The average Bonchev–Trinajstić information content (AvgIpc) is 3.36. The van der Waals surface area contributed by atoms with Crippen LogP contribution in [0.5, 0.6) is 0 Å². The molecule has 0 aliphatic heterocycles. The van der Waals surface area contributed by atoms with Gasteiger partial charge in [0.2, 0.25) is 0 Å². The molecule has 6 nitrogen and oxygen atoms in total. The van der Waals surface area contributed by atoms with Gasteiger partial charge in [0.15, 0.2) is 6.10 Å². The van der Waals surface area contributed by atoms with E-state index in [4.69, 9.17) is 14.2 Å². The standard InChI is InChI=1S/C64H112O6/c1-4-7-10-13-16-19-22-25-28-30-31-32-33-34-37-39-42-45-48-51-54-57-63(66)69-60-61(59-68-62(65)56-53-50-47-44-41-38-35-27-24-21-18-15-12-9-6-3)70-64(67)58-55-52-49-46-43-40-36-29-26-23-20-17-14-11-8-5-2/h7,10,16,19,25,27-28,31-32,34-35,37,61H,4-6,8-9,11-15,17-18,20-24,26,29-30,33,36,38-60H2,1-3H3/b10-7-,19-16-,28-25-,32-31-,35-27-,37-34-. The third-order valence-electron chi connectivity index (χ3n) is 12.9. The molecule has 0 saturated carbocycles. The van der Waals surface area contributed by atoms with E-state index in [-0.39, 0.29) is 31.1 Å². The van der Waals surface area contributed by atoms with Crippen molar-refractivity contribution < 1.29 is 28.6 Å². The summed E-state index contributed by atoms with van der Waals surface area (Å²) >= 11 is 0. The van der Waals surface area contributed by atoms with Crippen LogP contribution in [0.4, 0.5) is 0 Å². The van der Waals surface area contributed by atoms with Crippen molar-refractivity contribution in [2.45, 2.75) is 303 Å². The van der Waals surface area contributed by atoms with Crippen LogP contribution >= 0.6 is 0 Å².